The standard InChI is InChI=1S/C19H20ClN5O/c1-13-19(22-18(26)9-8-15-10-21-24(3)11-15)14(2)25(23-13)12-16-6-4-5-7-17(16)20/h4-11H,12H2,1-3H3,(H,22,26). The van der Waals surface area contributed by atoms with Gasteiger partial charge in [0.05, 0.1) is 29.8 Å². The minimum Gasteiger partial charge on any atom is -0.319 e. The maximum atomic E-state index is 12.2. The highest BCUT2D eigenvalue weighted by molar-refractivity contribution is 6.31. The fraction of sp³-hybridized carbons (Fsp3) is 0.211. The smallest absolute Gasteiger partial charge is 0.248 e. The summed E-state index contributed by atoms with van der Waals surface area (Å²) in [4.78, 5) is 12.2. The van der Waals surface area contributed by atoms with E-state index in [9.17, 15) is 4.79 Å². The van der Waals surface area contributed by atoms with Crippen molar-refractivity contribution < 1.29 is 4.79 Å². The molecule has 0 saturated carbocycles. The SMILES string of the molecule is Cc1nn(Cc2ccccc2Cl)c(C)c1NC(=O)C=Cc1cnn(C)c1. The highest BCUT2D eigenvalue weighted by Gasteiger charge is 2.14. The van der Waals surface area contributed by atoms with Crippen molar-refractivity contribution in [2.75, 3.05) is 5.32 Å². The van der Waals surface area contributed by atoms with Gasteiger partial charge in [-0.05, 0) is 31.6 Å². The van der Waals surface area contributed by atoms with Gasteiger partial charge in [0.1, 0.15) is 0 Å². The molecule has 6 nitrogen and oxygen atoms in total. The second-order valence-electron chi connectivity index (χ2n) is 6.06. The van der Waals surface area contributed by atoms with Gasteiger partial charge in [0, 0.05) is 29.9 Å². The third-order valence-electron chi connectivity index (χ3n) is 4.06. The van der Waals surface area contributed by atoms with Crippen molar-refractivity contribution in [1.82, 2.24) is 19.6 Å². The van der Waals surface area contributed by atoms with E-state index in [0.717, 1.165) is 28.2 Å². The number of anilines is 1. The molecule has 0 spiro atoms. The first-order chi connectivity index (χ1) is 12.4. The van der Waals surface area contributed by atoms with Crippen LogP contribution in [0.15, 0.2) is 42.7 Å². The summed E-state index contributed by atoms with van der Waals surface area (Å²) in [5.41, 5.74) is 4.21. The van der Waals surface area contributed by atoms with Gasteiger partial charge in [-0.1, -0.05) is 29.8 Å². The number of carbonyl (C=O) groups excluding carboxylic acids is 1. The number of nitrogens with zero attached hydrogens (tertiary/aromatic N) is 4. The summed E-state index contributed by atoms with van der Waals surface area (Å²) in [7, 11) is 1.83. The summed E-state index contributed by atoms with van der Waals surface area (Å²) in [6, 6.07) is 7.66. The van der Waals surface area contributed by atoms with Gasteiger partial charge in [-0.3, -0.25) is 14.2 Å². The molecule has 1 aromatic carbocycles. The first kappa shape index (κ1) is 17.9. The largest absolute Gasteiger partial charge is 0.319 e. The van der Waals surface area contributed by atoms with Crippen LogP contribution in [0.5, 0.6) is 0 Å². The lowest BCUT2D eigenvalue weighted by Crippen LogP contribution is -2.10. The molecule has 0 aliphatic carbocycles. The van der Waals surface area contributed by atoms with Crippen LogP contribution in [0.3, 0.4) is 0 Å². The fourth-order valence-electron chi connectivity index (χ4n) is 2.68. The lowest BCUT2D eigenvalue weighted by Gasteiger charge is -2.07. The Bertz CT molecular complexity index is 970. The van der Waals surface area contributed by atoms with E-state index in [1.165, 1.54) is 6.08 Å². The number of aromatic nitrogens is 4. The molecule has 0 aliphatic rings. The van der Waals surface area contributed by atoms with Crippen LogP contribution >= 0.6 is 11.6 Å². The van der Waals surface area contributed by atoms with E-state index in [4.69, 9.17) is 11.6 Å². The number of nitrogens with one attached hydrogen (secondary N) is 1. The van der Waals surface area contributed by atoms with Gasteiger partial charge in [0.2, 0.25) is 5.91 Å². The first-order valence-corrected chi connectivity index (χ1v) is 8.57. The summed E-state index contributed by atoms with van der Waals surface area (Å²) >= 11 is 6.23. The van der Waals surface area contributed by atoms with Crippen molar-refractivity contribution in [3.05, 3.63) is 70.3 Å². The van der Waals surface area contributed by atoms with E-state index >= 15 is 0 Å². The van der Waals surface area contributed by atoms with Gasteiger partial charge in [-0.25, -0.2) is 0 Å². The van der Waals surface area contributed by atoms with Crippen molar-refractivity contribution in [3.63, 3.8) is 0 Å². The van der Waals surface area contributed by atoms with Gasteiger partial charge in [-0.2, -0.15) is 10.2 Å². The average molecular weight is 370 g/mol. The quantitative estimate of drug-likeness (QED) is 0.699. The Morgan fingerprint density at radius 3 is 2.77 bits per heavy atom. The molecule has 1 amide bonds. The molecule has 0 saturated heterocycles. The van der Waals surface area contributed by atoms with Crippen LogP contribution < -0.4 is 5.32 Å². The predicted molar refractivity (Wildman–Crippen MR) is 103 cm³/mol. The van der Waals surface area contributed by atoms with Crippen LogP contribution in [0.25, 0.3) is 6.08 Å². The number of hydrogen-bond donors (Lipinski definition) is 1. The van der Waals surface area contributed by atoms with Crippen LogP contribution in [-0.4, -0.2) is 25.5 Å². The van der Waals surface area contributed by atoms with Gasteiger partial charge in [-0.15, -0.1) is 0 Å². The number of benzene rings is 1. The second-order valence-corrected chi connectivity index (χ2v) is 6.47. The number of hydrogen-bond acceptors (Lipinski definition) is 3. The summed E-state index contributed by atoms with van der Waals surface area (Å²) in [5.74, 6) is -0.211. The lowest BCUT2D eigenvalue weighted by atomic mass is 10.2. The molecule has 134 valence electrons. The van der Waals surface area contributed by atoms with Crippen molar-refractivity contribution in [2.24, 2.45) is 7.05 Å². The molecule has 2 heterocycles. The molecular weight excluding hydrogens is 350 g/mol. The maximum absolute atomic E-state index is 12.2. The third-order valence-corrected chi connectivity index (χ3v) is 4.43. The van der Waals surface area contributed by atoms with Crippen LogP contribution in [0.4, 0.5) is 5.69 Å². The molecule has 3 aromatic rings. The minimum absolute atomic E-state index is 0.211. The van der Waals surface area contributed by atoms with E-state index in [-0.39, 0.29) is 5.91 Å². The first-order valence-electron chi connectivity index (χ1n) is 8.19. The van der Waals surface area contributed by atoms with Crippen molar-refractivity contribution in [3.8, 4) is 0 Å². The molecule has 26 heavy (non-hydrogen) atoms. The predicted octanol–water partition coefficient (Wildman–Crippen LogP) is 3.59. The Morgan fingerprint density at radius 1 is 1.31 bits per heavy atom. The van der Waals surface area contributed by atoms with E-state index in [2.05, 4.69) is 15.5 Å². The summed E-state index contributed by atoms with van der Waals surface area (Å²) in [6.45, 7) is 4.35. The fourth-order valence-corrected chi connectivity index (χ4v) is 2.88. The Balaban J connectivity index is 1.74. The summed E-state index contributed by atoms with van der Waals surface area (Å²) in [5, 5.41) is 12.2. The van der Waals surface area contributed by atoms with Crippen LogP contribution in [-0.2, 0) is 18.4 Å². The zero-order chi connectivity index (χ0) is 18.7. The van der Waals surface area contributed by atoms with Crippen molar-refractivity contribution in [1.29, 1.82) is 0 Å². The van der Waals surface area contributed by atoms with Crippen molar-refractivity contribution >= 4 is 29.3 Å². The van der Waals surface area contributed by atoms with Crippen LogP contribution in [0.2, 0.25) is 5.02 Å². The third kappa shape index (κ3) is 4.03. The molecule has 0 radical (unpaired) electrons. The summed E-state index contributed by atoms with van der Waals surface area (Å²) in [6.07, 6.45) is 6.74. The highest BCUT2D eigenvalue weighted by atomic mass is 35.5. The molecule has 0 aliphatic heterocycles. The van der Waals surface area contributed by atoms with E-state index in [1.807, 2.05) is 56.0 Å². The Hall–Kier alpha value is -2.86. The van der Waals surface area contributed by atoms with E-state index < -0.39 is 0 Å². The van der Waals surface area contributed by atoms with Gasteiger partial charge < -0.3 is 5.32 Å². The molecule has 7 heteroatoms. The number of rotatable bonds is 5. The Labute approximate surface area is 157 Å². The monoisotopic (exact) mass is 369 g/mol. The normalized spacial score (nSPS) is 11.2. The van der Waals surface area contributed by atoms with Gasteiger partial charge >= 0.3 is 0 Å². The molecule has 0 atom stereocenters. The Kier molecular flexibility index (Phi) is 5.23. The molecule has 3 rings (SSSR count). The van der Waals surface area contributed by atoms with E-state index in [0.29, 0.717) is 11.6 Å². The molecule has 0 fully saturated rings. The maximum Gasteiger partial charge on any atom is 0.248 e. The van der Waals surface area contributed by atoms with E-state index in [1.54, 1.807) is 17.0 Å². The molecule has 1 N–H and O–H groups in total. The number of halogens is 1. The van der Waals surface area contributed by atoms with Gasteiger partial charge in [0.25, 0.3) is 0 Å². The molecule has 0 unspecified atom stereocenters. The number of carbonyl (C=O) groups is 1. The number of aryl methyl sites for hydroxylation is 2. The zero-order valence-electron chi connectivity index (χ0n) is 14.9. The molecular formula is C19H20ClN5O. The van der Waals surface area contributed by atoms with Gasteiger partial charge in [0.15, 0.2) is 0 Å². The topological polar surface area (TPSA) is 64.7 Å². The average Bonchev–Trinajstić information content (AvgIpc) is 3.13. The molecule has 2 aromatic heterocycles. The zero-order valence-corrected chi connectivity index (χ0v) is 15.7. The van der Waals surface area contributed by atoms with Crippen LogP contribution in [0.1, 0.15) is 22.5 Å². The number of amides is 1. The second kappa shape index (κ2) is 7.58. The highest BCUT2D eigenvalue weighted by Crippen LogP contribution is 2.22. The van der Waals surface area contributed by atoms with Crippen molar-refractivity contribution in [2.45, 2.75) is 20.4 Å². The summed E-state index contributed by atoms with van der Waals surface area (Å²) < 4.78 is 3.53. The molecule has 0 bridgehead atoms. The van der Waals surface area contributed by atoms with Crippen LogP contribution in [0, 0.1) is 13.8 Å². The minimum atomic E-state index is -0.211. The lowest BCUT2D eigenvalue weighted by molar-refractivity contribution is -0.111. The Morgan fingerprint density at radius 2 is 2.08 bits per heavy atom.